The Hall–Kier alpha value is -1.91. The number of carboxylic acids is 1. The van der Waals surface area contributed by atoms with Gasteiger partial charge in [-0.25, -0.2) is 9.18 Å². The number of carboxylic acid groups (broad SMARTS) is 1. The number of benzene rings is 1. The Kier molecular flexibility index (Phi) is 5.03. The summed E-state index contributed by atoms with van der Waals surface area (Å²) in [5, 5.41) is 11.4. The van der Waals surface area contributed by atoms with Crippen LogP contribution < -0.4 is 5.32 Å². The SMILES string of the molecule is Cc1ccc(C(=O)N[C@@H](CC(C)C)C(=O)O)c(F)c1. The maximum Gasteiger partial charge on any atom is 0.326 e. The average molecular weight is 267 g/mol. The van der Waals surface area contributed by atoms with Crippen molar-refractivity contribution in [2.75, 3.05) is 0 Å². The second-order valence-electron chi connectivity index (χ2n) is 4.98. The number of nitrogens with one attached hydrogen (secondary N) is 1. The van der Waals surface area contributed by atoms with E-state index < -0.39 is 23.7 Å². The van der Waals surface area contributed by atoms with Crippen LogP contribution in [0.25, 0.3) is 0 Å². The molecule has 19 heavy (non-hydrogen) atoms. The lowest BCUT2D eigenvalue weighted by atomic mass is 10.0. The molecule has 2 N–H and O–H groups in total. The van der Waals surface area contributed by atoms with Gasteiger partial charge in [-0.15, -0.1) is 0 Å². The maximum absolute atomic E-state index is 13.6. The van der Waals surface area contributed by atoms with E-state index in [1.165, 1.54) is 12.1 Å². The molecule has 0 aliphatic carbocycles. The predicted molar refractivity (Wildman–Crippen MR) is 69.5 cm³/mol. The van der Waals surface area contributed by atoms with Gasteiger partial charge in [0.15, 0.2) is 0 Å². The molecule has 1 amide bonds. The predicted octanol–water partition coefficient (Wildman–Crippen LogP) is 2.36. The Balaban J connectivity index is 2.84. The molecule has 4 nitrogen and oxygen atoms in total. The van der Waals surface area contributed by atoms with Gasteiger partial charge in [0.1, 0.15) is 11.9 Å². The van der Waals surface area contributed by atoms with Gasteiger partial charge in [-0.3, -0.25) is 4.79 Å². The molecule has 0 bridgehead atoms. The number of carbonyl (C=O) groups is 2. The van der Waals surface area contributed by atoms with E-state index in [9.17, 15) is 14.0 Å². The van der Waals surface area contributed by atoms with Crippen LogP contribution in [0.15, 0.2) is 18.2 Å². The third-order valence-electron chi connectivity index (χ3n) is 2.68. The summed E-state index contributed by atoms with van der Waals surface area (Å²) >= 11 is 0. The molecule has 0 unspecified atom stereocenters. The van der Waals surface area contributed by atoms with Gasteiger partial charge in [-0.2, -0.15) is 0 Å². The van der Waals surface area contributed by atoms with Crippen molar-refractivity contribution in [3.8, 4) is 0 Å². The second-order valence-corrected chi connectivity index (χ2v) is 4.98. The minimum atomic E-state index is -1.12. The number of aliphatic carboxylic acids is 1. The molecule has 1 aromatic rings. The Morgan fingerprint density at radius 1 is 1.37 bits per heavy atom. The molecule has 1 rings (SSSR count). The minimum Gasteiger partial charge on any atom is -0.480 e. The Labute approximate surface area is 111 Å². The molecule has 0 radical (unpaired) electrons. The Bertz CT molecular complexity index is 486. The molecular weight excluding hydrogens is 249 g/mol. The standard InChI is InChI=1S/C14H18FNO3/c1-8(2)6-12(14(18)19)16-13(17)10-5-4-9(3)7-11(10)15/h4-5,7-8,12H,6H2,1-3H3,(H,16,17)(H,18,19)/t12-/m0/s1. The summed E-state index contributed by atoms with van der Waals surface area (Å²) in [6.45, 7) is 5.42. The fraction of sp³-hybridized carbons (Fsp3) is 0.429. The van der Waals surface area contributed by atoms with Gasteiger partial charge in [0.25, 0.3) is 5.91 Å². The highest BCUT2D eigenvalue weighted by Gasteiger charge is 2.23. The molecule has 0 aromatic heterocycles. The van der Waals surface area contributed by atoms with E-state index in [4.69, 9.17) is 5.11 Å². The Morgan fingerprint density at radius 3 is 2.47 bits per heavy atom. The molecule has 1 aromatic carbocycles. The number of aryl methyl sites for hydroxylation is 1. The summed E-state index contributed by atoms with van der Waals surface area (Å²) in [6.07, 6.45) is 0.300. The summed E-state index contributed by atoms with van der Waals surface area (Å²) in [5.41, 5.74) is 0.562. The van der Waals surface area contributed by atoms with Crippen molar-refractivity contribution >= 4 is 11.9 Å². The first-order valence-electron chi connectivity index (χ1n) is 6.11. The molecule has 0 aliphatic heterocycles. The zero-order valence-electron chi connectivity index (χ0n) is 11.2. The van der Waals surface area contributed by atoms with Crippen molar-refractivity contribution < 1.29 is 19.1 Å². The van der Waals surface area contributed by atoms with E-state index in [2.05, 4.69) is 5.32 Å². The molecule has 0 heterocycles. The quantitative estimate of drug-likeness (QED) is 0.860. The lowest BCUT2D eigenvalue weighted by molar-refractivity contribution is -0.139. The van der Waals surface area contributed by atoms with Crippen LogP contribution in [0.5, 0.6) is 0 Å². The van der Waals surface area contributed by atoms with Gasteiger partial charge in [0, 0.05) is 0 Å². The summed E-state index contributed by atoms with van der Waals surface area (Å²) in [4.78, 5) is 22.9. The first kappa shape index (κ1) is 15.1. The van der Waals surface area contributed by atoms with Crippen LogP contribution in [0.3, 0.4) is 0 Å². The molecule has 0 saturated carbocycles. The van der Waals surface area contributed by atoms with E-state index in [0.29, 0.717) is 12.0 Å². The molecule has 0 spiro atoms. The molecule has 5 heteroatoms. The van der Waals surface area contributed by atoms with Crippen molar-refractivity contribution in [3.63, 3.8) is 0 Å². The summed E-state index contributed by atoms with van der Waals surface area (Å²) in [5.74, 6) is -2.35. The van der Waals surface area contributed by atoms with E-state index >= 15 is 0 Å². The van der Waals surface area contributed by atoms with Crippen LogP contribution in [0, 0.1) is 18.7 Å². The lowest BCUT2D eigenvalue weighted by Gasteiger charge is -2.16. The number of hydrogen-bond acceptors (Lipinski definition) is 2. The third kappa shape index (κ3) is 4.35. The number of halogens is 1. The molecule has 0 fully saturated rings. The zero-order valence-corrected chi connectivity index (χ0v) is 11.2. The van der Waals surface area contributed by atoms with Gasteiger partial charge in [0.05, 0.1) is 5.56 Å². The van der Waals surface area contributed by atoms with Crippen LogP contribution in [-0.2, 0) is 4.79 Å². The van der Waals surface area contributed by atoms with Crippen molar-refractivity contribution in [3.05, 3.63) is 35.1 Å². The highest BCUT2D eigenvalue weighted by atomic mass is 19.1. The first-order chi connectivity index (χ1) is 8.81. The summed E-state index contributed by atoms with van der Waals surface area (Å²) in [6, 6.07) is 3.20. The smallest absolute Gasteiger partial charge is 0.326 e. The van der Waals surface area contributed by atoms with Crippen LogP contribution in [0.1, 0.15) is 36.2 Å². The van der Waals surface area contributed by atoms with E-state index in [1.807, 2.05) is 13.8 Å². The van der Waals surface area contributed by atoms with Crippen molar-refractivity contribution in [2.24, 2.45) is 5.92 Å². The highest BCUT2D eigenvalue weighted by molar-refractivity contribution is 5.96. The fourth-order valence-electron chi connectivity index (χ4n) is 1.73. The van der Waals surface area contributed by atoms with Gasteiger partial charge >= 0.3 is 5.97 Å². The van der Waals surface area contributed by atoms with Gasteiger partial charge in [-0.05, 0) is 37.0 Å². The van der Waals surface area contributed by atoms with E-state index in [1.54, 1.807) is 13.0 Å². The van der Waals surface area contributed by atoms with Crippen molar-refractivity contribution in [1.82, 2.24) is 5.32 Å². The first-order valence-corrected chi connectivity index (χ1v) is 6.11. The number of amides is 1. The highest BCUT2D eigenvalue weighted by Crippen LogP contribution is 2.11. The normalized spacial score (nSPS) is 12.3. The molecule has 0 aliphatic rings. The molecule has 1 atom stereocenters. The summed E-state index contributed by atoms with van der Waals surface area (Å²) < 4.78 is 13.6. The maximum atomic E-state index is 13.6. The topological polar surface area (TPSA) is 66.4 Å². The van der Waals surface area contributed by atoms with Crippen LogP contribution in [0.4, 0.5) is 4.39 Å². The number of hydrogen-bond donors (Lipinski definition) is 2. The van der Waals surface area contributed by atoms with Gasteiger partial charge in [0.2, 0.25) is 0 Å². The van der Waals surface area contributed by atoms with Crippen molar-refractivity contribution in [1.29, 1.82) is 0 Å². The number of rotatable bonds is 5. The summed E-state index contributed by atoms with van der Waals surface area (Å²) in [7, 11) is 0. The minimum absolute atomic E-state index is 0.115. The fourth-order valence-corrected chi connectivity index (χ4v) is 1.73. The molecule has 104 valence electrons. The van der Waals surface area contributed by atoms with Gasteiger partial charge in [-0.1, -0.05) is 19.9 Å². The third-order valence-corrected chi connectivity index (χ3v) is 2.68. The largest absolute Gasteiger partial charge is 0.480 e. The van der Waals surface area contributed by atoms with E-state index in [-0.39, 0.29) is 11.5 Å². The van der Waals surface area contributed by atoms with Crippen LogP contribution in [-0.4, -0.2) is 23.0 Å². The monoisotopic (exact) mass is 267 g/mol. The average Bonchev–Trinajstić information content (AvgIpc) is 2.26. The molecular formula is C14H18FNO3. The zero-order chi connectivity index (χ0) is 14.6. The number of carbonyl (C=O) groups excluding carboxylic acids is 1. The lowest BCUT2D eigenvalue weighted by Crippen LogP contribution is -2.41. The Morgan fingerprint density at radius 2 is 2.00 bits per heavy atom. The second kappa shape index (κ2) is 6.31. The van der Waals surface area contributed by atoms with E-state index in [0.717, 1.165) is 0 Å². The molecule has 0 saturated heterocycles. The van der Waals surface area contributed by atoms with Gasteiger partial charge < -0.3 is 10.4 Å². The van der Waals surface area contributed by atoms with Crippen LogP contribution >= 0.6 is 0 Å². The van der Waals surface area contributed by atoms with Crippen LogP contribution in [0.2, 0.25) is 0 Å². The van der Waals surface area contributed by atoms with Crippen molar-refractivity contribution in [2.45, 2.75) is 33.2 Å².